The minimum atomic E-state index is -1.84. The lowest BCUT2D eigenvalue weighted by Crippen LogP contribution is -2.56. The predicted molar refractivity (Wildman–Crippen MR) is 122 cm³/mol. The van der Waals surface area contributed by atoms with Crippen LogP contribution in [0.1, 0.15) is 50.4 Å². The van der Waals surface area contributed by atoms with Crippen molar-refractivity contribution in [2.45, 2.75) is 43.5 Å². The van der Waals surface area contributed by atoms with E-state index >= 15 is 0 Å². The Hall–Kier alpha value is -3.34. The quantitative estimate of drug-likeness (QED) is 0.374. The highest BCUT2D eigenvalue weighted by Gasteiger charge is 2.48. The van der Waals surface area contributed by atoms with Crippen molar-refractivity contribution in [1.82, 2.24) is 0 Å². The number of ketones is 1. The molecule has 0 amide bonds. The average molecular weight is 480 g/mol. The first-order chi connectivity index (χ1) is 16.6. The fourth-order valence-electron chi connectivity index (χ4n) is 5.21. The molecule has 0 aromatic heterocycles. The fourth-order valence-corrected chi connectivity index (χ4v) is 5.21. The van der Waals surface area contributed by atoms with E-state index in [-0.39, 0.29) is 22.5 Å². The zero-order chi connectivity index (χ0) is 25.2. The maximum absolute atomic E-state index is 13.5. The van der Waals surface area contributed by atoms with E-state index in [0.717, 1.165) is 5.56 Å². The van der Waals surface area contributed by atoms with Gasteiger partial charge in [0.2, 0.25) is 0 Å². The first kappa shape index (κ1) is 23.4. The number of carbonyl (C=O) groups excluding carboxylic acids is 1. The lowest BCUT2D eigenvalue weighted by Gasteiger charge is -2.40. The molecule has 35 heavy (non-hydrogen) atoms. The van der Waals surface area contributed by atoms with Crippen LogP contribution in [0.4, 0.5) is 0 Å². The van der Waals surface area contributed by atoms with Crippen LogP contribution in [0.5, 0.6) is 5.75 Å². The number of aliphatic carboxylic acids is 1. The minimum Gasteiger partial charge on any atom is -0.496 e. The van der Waals surface area contributed by atoms with Crippen molar-refractivity contribution in [3.63, 3.8) is 0 Å². The van der Waals surface area contributed by atoms with Crippen LogP contribution in [-0.2, 0) is 9.53 Å². The molecule has 1 heterocycles. The molecule has 9 nitrogen and oxygen atoms in total. The molecule has 182 valence electrons. The normalized spacial score (nSPS) is 27.9. The third-order valence-electron chi connectivity index (χ3n) is 6.81. The summed E-state index contributed by atoms with van der Waals surface area (Å²) in [6, 6.07) is 11.7. The molecule has 5 rings (SSSR count). The monoisotopic (exact) mass is 480 g/mol. The molecule has 1 fully saturated rings. The second-order valence-electron chi connectivity index (χ2n) is 8.92. The molecule has 1 unspecified atom stereocenters. The Morgan fingerprint density at radius 1 is 0.971 bits per heavy atom. The summed E-state index contributed by atoms with van der Waals surface area (Å²) in [5, 5.41) is 53.3. The standard InChI is InChI=1S/C26H24O9/c1-10-8-11-6-7-13-18(20(28)12-4-3-5-15(34-2)17(12)19(13)27)16(11)14(9-10)24-22(30)21(29)23(31)25(35-24)26(32)33/h3-9,20-25,28-31H,1-2H3,(H,32,33)/t20?,21-,22-,23+,24+,25+/m1/s1. The van der Waals surface area contributed by atoms with E-state index in [9.17, 15) is 35.1 Å². The van der Waals surface area contributed by atoms with Crippen molar-refractivity contribution in [2.24, 2.45) is 0 Å². The minimum absolute atomic E-state index is 0.229. The van der Waals surface area contributed by atoms with Gasteiger partial charge in [0.1, 0.15) is 36.3 Å². The molecule has 0 radical (unpaired) electrons. The van der Waals surface area contributed by atoms with Crippen molar-refractivity contribution >= 4 is 22.5 Å². The number of aryl methyl sites for hydroxylation is 1. The highest BCUT2D eigenvalue weighted by Crippen LogP contribution is 2.45. The van der Waals surface area contributed by atoms with Gasteiger partial charge >= 0.3 is 5.97 Å². The van der Waals surface area contributed by atoms with Crippen molar-refractivity contribution in [1.29, 1.82) is 0 Å². The van der Waals surface area contributed by atoms with Crippen LogP contribution in [0, 0.1) is 6.92 Å². The molecule has 3 aromatic carbocycles. The van der Waals surface area contributed by atoms with E-state index in [0.29, 0.717) is 27.6 Å². The van der Waals surface area contributed by atoms with Crippen LogP contribution in [-0.4, -0.2) is 68.8 Å². The Labute approximate surface area is 199 Å². The van der Waals surface area contributed by atoms with Gasteiger partial charge in [-0.2, -0.15) is 0 Å². The zero-order valence-electron chi connectivity index (χ0n) is 18.9. The summed E-state index contributed by atoms with van der Waals surface area (Å²) in [5.41, 5.74) is 2.15. The summed E-state index contributed by atoms with van der Waals surface area (Å²) in [7, 11) is 1.44. The number of methoxy groups -OCH3 is 1. The van der Waals surface area contributed by atoms with E-state index in [4.69, 9.17) is 9.47 Å². The Morgan fingerprint density at radius 3 is 2.40 bits per heavy atom. The second-order valence-corrected chi connectivity index (χ2v) is 8.92. The van der Waals surface area contributed by atoms with Crippen LogP contribution in [0.25, 0.3) is 10.8 Å². The van der Waals surface area contributed by atoms with Gasteiger partial charge in [0, 0.05) is 11.1 Å². The van der Waals surface area contributed by atoms with E-state index in [2.05, 4.69) is 0 Å². The van der Waals surface area contributed by atoms with Gasteiger partial charge in [0.25, 0.3) is 0 Å². The Morgan fingerprint density at radius 2 is 1.71 bits per heavy atom. The van der Waals surface area contributed by atoms with Gasteiger partial charge in [-0.25, -0.2) is 4.79 Å². The summed E-state index contributed by atoms with van der Waals surface area (Å²) in [6.07, 6.45) is -9.66. The van der Waals surface area contributed by atoms with Crippen molar-refractivity contribution in [3.8, 4) is 5.75 Å². The van der Waals surface area contributed by atoms with Crippen molar-refractivity contribution in [3.05, 3.63) is 75.8 Å². The second kappa shape index (κ2) is 8.40. The molecule has 0 spiro atoms. The molecule has 1 aliphatic heterocycles. The maximum atomic E-state index is 13.5. The smallest absolute Gasteiger partial charge is 0.335 e. The number of ether oxygens (including phenoxy) is 2. The molecule has 1 saturated heterocycles. The van der Waals surface area contributed by atoms with Gasteiger partial charge in [0.15, 0.2) is 11.9 Å². The number of rotatable bonds is 3. The van der Waals surface area contributed by atoms with Crippen LogP contribution in [0.15, 0.2) is 42.5 Å². The van der Waals surface area contributed by atoms with Gasteiger partial charge in [-0.3, -0.25) is 4.79 Å². The Balaban J connectivity index is 1.77. The Kier molecular flexibility index (Phi) is 5.62. The van der Waals surface area contributed by atoms with Crippen molar-refractivity contribution in [2.75, 3.05) is 7.11 Å². The summed E-state index contributed by atoms with van der Waals surface area (Å²) in [4.78, 5) is 25.2. The number of aliphatic hydroxyl groups is 4. The van der Waals surface area contributed by atoms with Crippen LogP contribution >= 0.6 is 0 Å². The van der Waals surface area contributed by atoms with Gasteiger partial charge in [-0.15, -0.1) is 0 Å². The number of hydrogen-bond acceptors (Lipinski definition) is 8. The third-order valence-corrected chi connectivity index (χ3v) is 6.81. The van der Waals surface area contributed by atoms with E-state index < -0.39 is 42.6 Å². The molecule has 6 atom stereocenters. The molecule has 5 N–H and O–H groups in total. The van der Waals surface area contributed by atoms with Crippen LogP contribution in [0.3, 0.4) is 0 Å². The summed E-state index contributed by atoms with van der Waals surface area (Å²) >= 11 is 0. The topological polar surface area (TPSA) is 154 Å². The van der Waals surface area contributed by atoms with Gasteiger partial charge < -0.3 is 35.0 Å². The van der Waals surface area contributed by atoms with Crippen molar-refractivity contribution < 1.29 is 44.6 Å². The number of hydrogen-bond donors (Lipinski definition) is 5. The molecule has 9 heteroatoms. The Bertz CT molecular complexity index is 1360. The lowest BCUT2D eigenvalue weighted by atomic mass is 9.77. The summed E-state index contributed by atoms with van der Waals surface area (Å²) < 4.78 is 11.0. The number of aliphatic hydroxyl groups excluding tert-OH is 4. The van der Waals surface area contributed by atoms with Gasteiger partial charge in [-0.1, -0.05) is 42.0 Å². The van der Waals surface area contributed by atoms with E-state index in [1.165, 1.54) is 7.11 Å². The number of carbonyl (C=O) groups is 2. The van der Waals surface area contributed by atoms with Gasteiger partial charge in [0.05, 0.1) is 12.7 Å². The molecule has 0 bridgehead atoms. The number of benzene rings is 3. The summed E-state index contributed by atoms with van der Waals surface area (Å²) in [6.45, 7) is 1.79. The van der Waals surface area contributed by atoms with E-state index in [1.54, 1.807) is 43.3 Å². The molecular weight excluding hydrogens is 456 g/mol. The maximum Gasteiger partial charge on any atom is 0.335 e. The predicted octanol–water partition coefficient (Wildman–Crippen LogP) is 1.39. The van der Waals surface area contributed by atoms with Crippen LogP contribution in [0.2, 0.25) is 0 Å². The average Bonchev–Trinajstić information content (AvgIpc) is 2.84. The first-order valence-electron chi connectivity index (χ1n) is 11.0. The van der Waals surface area contributed by atoms with Crippen LogP contribution < -0.4 is 4.74 Å². The lowest BCUT2D eigenvalue weighted by molar-refractivity contribution is -0.229. The molecular formula is C26H24O9. The highest BCUT2D eigenvalue weighted by molar-refractivity contribution is 6.17. The number of carboxylic acids is 1. The fraction of sp³-hybridized carbons (Fsp3) is 0.308. The number of carboxylic acid groups (broad SMARTS) is 1. The van der Waals surface area contributed by atoms with E-state index in [1.807, 2.05) is 6.07 Å². The number of fused-ring (bicyclic) bond motifs is 4. The summed E-state index contributed by atoms with van der Waals surface area (Å²) in [5.74, 6) is -1.52. The largest absolute Gasteiger partial charge is 0.496 e. The molecule has 2 aliphatic rings. The van der Waals surface area contributed by atoms with Gasteiger partial charge in [-0.05, 0) is 34.9 Å². The zero-order valence-corrected chi connectivity index (χ0v) is 18.9. The SMILES string of the molecule is COc1cccc2c1C(=O)c1ccc3cc(C)cc([C@@H]4O[C@H](C(=O)O)[C@@H](O)[C@H](O)[C@H]4O)c3c1C2O. The third kappa shape index (κ3) is 3.43. The molecule has 0 saturated carbocycles. The molecule has 3 aromatic rings. The first-order valence-corrected chi connectivity index (χ1v) is 11.0. The molecule has 1 aliphatic carbocycles. The highest BCUT2D eigenvalue weighted by atomic mass is 16.6.